The van der Waals surface area contributed by atoms with E-state index in [9.17, 15) is 15.4 Å². The van der Waals surface area contributed by atoms with Gasteiger partial charge in [0.1, 0.15) is 17.3 Å². The molecule has 0 spiro atoms. The van der Waals surface area contributed by atoms with Crippen molar-refractivity contribution in [2.45, 2.75) is 31.7 Å². The molecule has 0 saturated heterocycles. The zero-order chi connectivity index (χ0) is 16.4. The highest BCUT2D eigenvalue weighted by molar-refractivity contribution is 6.30. The summed E-state index contributed by atoms with van der Waals surface area (Å²) < 4.78 is 1.79. The highest BCUT2D eigenvalue weighted by atomic mass is 35.5. The number of nitro groups is 1. The lowest BCUT2D eigenvalue weighted by atomic mass is 10.2. The number of nitro benzene ring substituents is 1. The van der Waals surface area contributed by atoms with E-state index in [1.807, 2.05) is 0 Å². The fourth-order valence-electron chi connectivity index (χ4n) is 2.81. The Balaban J connectivity index is 1.94. The summed E-state index contributed by atoms with van der Waals surface area (Å²) in [5, 5.41) is 28.0. The van der Waals surface area contributed by atoms with Crippen LogP contribution in [0.15, 0.2) is 24.4 Å². The largest absolute Gasteiger partial charge is 0.332 e. The second kappa shape index (κ2) is 6.26. The van der Waals surface area contributed by atoms with Gasteiger partial charge in [0.2, 0.25) is 0 Å². The number of nitriles is 1. The number of anilines is 2. The Kier molecular flexibility index (Phi) is 4.17. The average Bonchev–Trinajstić information content (AvgIpc) is 3.17. The van der Waals surface area contributed by atoms with Crippen LogP contribution in [0.5, 0.6) is 0 Å². The summed E-state index contributed by atoms with van der Waals surface area (Å²) in [5.41, 5.74) is 0.463. The first-order valence-electron chi connectivity index (χ1n) is 7.28. The van der Waals surface area contributed by atoms with E-state index in [1.54, 1.807) is 16.9 Å². The minimum atomic E-state index is -0.520. The van der Waals surface area contributed by atoms with Crippen molar-refractivity contribution in [3.63, 3.8) is 0 Å². The molecule has 8 heteroatoms. The van der Waals surface area contributed by atoms with Gasteiger partial charge in [-0.2, -0.15) is 10.4 Å². The molecule has 7 nitrogen and oxygen atoms in total. The maximum atomic E-state index is 11.1. The highest BCUT2D eigenvalue weighted by Gasteiger charge is 2.22. The Morgan fingerprint density at radius 3 is 2.83 bits per heavy atom. The SMILES string of the molecule is N#Cc1cn(C2CCCC2)nc1Nc1ccc(Cl)cc1[N+](=O)[O-]. The van der Waals surface area contributed by atoms with Gasteiger partial charge in [-0.1, -0.05) is 24.4 Å². The number of halogens is 1. The summed E-state index contributed by atoms with van der Waals surface area (Å²) >= 11 is 5.81. The Morgan fingerprint density at radius 1 is 1.43 bits per heavy atom. The molecule has 1 aliphatic carbocycles. The minimum Gasteiger partial charge on any atom is -0.332 e. The maximum Gasteiger partial charge on any atom is 0.294 e. The molecule has 0 unspecified atom stereocenters. The molecule has 1 saturated carbocycles. The maximum absolute atomic E-state index is 11.1. The van der Waals surface area contributed by atoms with Gasteiger partial charge in [0.15, 0.2) is 5.82 Å². The Labute approximate surface area is 137 Å². The standard InChI is InChI=1S/C15H14ClN5O2/c16-11-5-6-13(14(7-11)21(22)23)18-15-10(8-17)9-20(19-15)12-3-1-2-4-12/h5-7,9,12H,1-4H2,(H,18,19). The molecule has 23 heavy (non-hydrogen) atoms. The van der Waals surface area contributed by atoms with Gasteiger partial charge in [0, 0.05) is 17.3 Å². The van der Waals surface area contributed by atoms with Crippen LogP contribution in [0.2, 0.25) is 5.02 Å². The van der Waals surface area contributed by atoms with Crippen LogP contribution < -0.4 is 5.32 Å². The number of hydrogen-bond acceptors (Lipinski definition) is 5. The molecule has 0 bridgehead atoms. The van der Waals surface area contributed by atoms with Crippen LogP contribution in [0.3, 0.4) is 0 Å². The van der Waals surface area contributed by atoms with E-state index in [4.69, 9.17) is 11.6 Å². The van der Waals surface area contributed by atoms with Crippen LogP contribution in [0.25, 0.3) is 0 Å². The van der Waals surface area contributed by atoms with Crippen LogP contribution >= 0.6 is 11.6 Å². The van der Waals surface area contributed by atoms with Gasteiger partial charge < -0.3 is 5.32 Å². The number of hydrogen-bond donors (Lipinski definition) is 1. The van der Waals surface area contributed by atoms with Crippen molar-refractivity contribution in [3.05, 3.63) is 45.1 Å². The number of benzene rings is 1. The predicted octanol–water partition coefficient (Wildman–Crippen LogP) is 4.18. The predicted molar refractivity (Wildman–Crippen MR) is 85.8 cm³/mol. The van der Waals surface area contributed by atoms with Crippen LogP contribution in [0.1, 0.15) is 37.3 Å². The van der Waals surface area contributed by atoms with Crippen LogP contribution in [-0.4, -0.2) is 14.7 Å². The molecule has 0 aliphatic heterocycles. The van der Waals surface area contributed by atoms with Crippen molar-refractivity contribution in [1.29, 1.82) is 5.26 Å². The van der Waals surface area contributed by atoms with E-state index in [2.05, 4.69) is 16.5 Å². The third-order valence-electron chi connectivity index (χ3n) is 3.96. The van der Waals surface area contributed by atoms with Gasteiger partial charge >= 0.3 is 0 Å². The molecular formula is C15H14ClN5O2. The lowest BCUT2D eigenvalue weighted by Gasteiger charge is -2.09. The van der Waals surface area contributed by atoms with Crippen molar-refractivity contribution in [3.8, 4) is 6.07 Å². The first-order valence-corrected chi connectivity index (χ1v) is 7.66. The summed E-state index contributed by atoms with van der Waals surface area (Å²) in [6.45, 7) is 0. The monoisotopic (exact) mass is 331 g/mol. The summed E-state index contributed by atoms with van der Waals surface area (Å²) in [6, 6.07) is 6.70. The quantitative estimate of drug-likeness (QED) is 0.669. The molecule has 1 aromatic carbocycles. The third kappa shape index (κ3) is 3.12. The Morgan fingerprint density at radius 2 is 2.17 bits per heavy atom. The molecule has 1 N–H and O–H groups in total. The van der Waals surface area contributed by atoms with E-state index in [-0.39, 0.29) is 22.4 Å². The zero-order valence-corrected chi connectivity index (χ0v) is 13.0. The molecule has 1 aliphatic rings. The van der Waals surface area contributed by atoms with Crippen LogP contribution in [0.4, 0.5) is 17.2 Å². The van der Waals surface area contributed by atoms with Crippen LogP contribution in [0, 0.1) is 21.4 Å². The molecule has 0 radical (unpaired) electrons. The van der Waals surface area contributed by atoms with E-state index < -0.39 is 4.92 Å². The zero-order valence-electron chi connectivity index (χ0n) is 12.2. The minimum absolute atomic E-state index is 0.156. The Bertz CT molecular complexity index is 790. The molecule has 118 valence electrons. The second-order valence-corrected chi connectivity index (χ2v) is 5.90. The highest BCUT2D eigenvalue weighted by Crippen LogP contribution is 2.33. The van der Waals surface area contributed by atoms with E-state index in [1.165, 1.54) is 12.1 Å². The van der Waals surface area contributed by atoms with Gasteiger partial charge in [-0.05, 0) is 25.0 Å². The lowest BCUT2D eigenvalue weighted by Crippen LogP contribution is -2.05. The number of nitrogens with zero attached hydrogens (tertiary/aromatic N) is 4. The number of aromatic nitrogens is 2. The van der Waals surface area contributed by atoms with Gasteiger partial charge in [-0.25, -0.2) is 0 Å². The van der Waals surface area contributed by atoms with Crippen molar-refractivity contribution >= 4 is 28.8 Å². The summed E-state index contributed by atoms with van der Waals surface area (Å²) in [5.74, 6) is 0.324. The van der Waals surface area contributed by atoms with Gasteiger partial charge in [-0.15, -0.1) is 0 Å². The molecule has 1 heterocycles. The summed E-state index contributed by atoms with van der Waals surface area (Å²) in [4.78, 5) is 10.6. The van der Waals surface area contributed by atoms with E-state index >= 15 is 0 Å². The fourth-order valence-corrected chi connectivity index (χ4v) is 2.98. The van der Waals surface area contributed by atoms with Gasteiger partial charge in [0.05, 0.1) is 11.0 Å². The van der Waals surface area contributed by atoms with Gasteiger partial charge in [-0.3, -0.25) is 14.8 Å². The second-order valence-electron chi connectivity index (χ2n) is 5.47. The molecule has 1 fully saturated rings. The molecule has 3 rings (SSSR count). The first kappa shape index (κ1) is 15.3. The van der Waals surface area contributed by atoms with Crippen LogP contribution in [-0.2, 0) is 0 Å². The lowest BCUT2D eigenvalue weighted by molar-refractivity contribution is -0.383. The topological polar surface area (TPSA) is 96.8 Å². The fraction of sp³-hybridized carbons (Fsp3) is 0.333. The number of nitrogens with one attached hydrogen (secondary N) is 1. The summed E-state index contributed by atoms with van der Waals surface area (Å²) in [6.07, 6.45) is 6.07. The van der Waals surface area contributed by atoms with E-state index in [0.717, 1.165) is 25.7 Å². The average molecular weight is 332 g/mol. The van der Waals surface area contributed by atoms with Crippen molar-refractivity contribution in [1.82, 2.24) is 9.78 Å². The van der Waals surface area contributed by atoms with Crippen molar-refractivity contribution < 1.29 is 4.92 Å². The van der Waals surface area contributed by atoms with Crippen molar-refractivity contribution in [2.75, 3.05) is 5.32 Å². The molecule has 0 amide bonds. The molecule has 2 aromatic rings. The first-order chi connectivity index (χ1) is 11.1. The van der Waals surface area contributed by atoms with Gasteiger partial charge in [0.25, 0.3) is 5.69 Å². The molecular weight excluding hydrogens is 318 g/mol. The molecule has 0 atom stereocenters. The van der Waals surface area contributed by atoms with E-state index in [0.29, 0.717) is 11.4 Å². The number of rotatable bonds is 4. The third-order valence-corrected chi connectivity index (χ3v) is 4.20. The Hall–Kier alpha value is -2.59. The molecule has 1 aromatic heterocycles. The summed E-state index contributed by atoms with van der Waals surface area (Å²) in [7, 11) is 0. The normalized spacial score (nSPS) is 14.6. The smallest absolute Gasteiger partial charge is 0.294 e. The van der Waals surface area contributed by atoms with Crippen molar-refractivity contribution in [2.24, 2.45) is 0 Å².